The summed E-state index contributed by atoms with van der Waals surface area (Å²) in [5, 5.41) is 1.84. The van der Waals surface area contributed by atoms with Gasteiger partial charge in [-0.15, -0.1) is 0 Å². The van der Waals surface area contributed by atoms with Crippen molar-refractivity contribution in [3.63, 3.8) is 0 Å². The first-order valence-electron chi connectivity index (χ1n) is 2.81. The van der Waals surface area contributed by atoms with Gasteiger partial charge in [-0.2, -0.15) is 5.06 Å². The fourth-order valence-electron chi connectivity index (χ4n) is 0.804. The monoisotopic (exact) mass is 116 g/mol. The van der Waals surface area contributed by atoms with Gasteiger partial charge in [-0.25, -0.2) is 0 Å². The maximum atomic E-state index is 5.14. The molecule has 0 aliphatic carbocycles. The van der Waals surface area contributed by atoms with Crippen LogP contribution in [0.15, 0.2) is 0 Å². The molecule has 0 amide bonds. The number of hydrogen-bond acceptors (Lipinski definition) is 3. The van der Waals surface area contributed by atoms with Crippen LogP contribution in [0, 0.1) is 0 Å². The largest absolute Gasteiger partial charge is 0.297 e. The van der Waals surface area contributed by atoms with E-state index in [0.717, 1.165) is 19.8 Å². The molecule has 0 radical (unpaired) electrons. The van der Waals surface area contributed by atoms with E-state index in [4.69, 9.17) is 4.84 Å². The molecular weight excluding hydrogens is 104 g/mol. The van der Waals surface area contributed by atoms with Crippen LogP contribution in [0.4, 0.5) is 0 Å². The molecule has 1 aliphatic rings. The van der Waals surface area contributed by atoms with Gasteiger partial charge in [-0.3, -0.25) is 9.74 Å². The Morgan fingerprint density at radius 3 is 2.50 bits per heavy atom. The molecule has 3 heteroatoms. The van der Waals surface area contributed by atoms with Gasteiger partial charge in [0.2, 0.25) is 0 Å². The molecule has 48 valence electrons. The molecule has 0 unspecified atom stereocenters. The van der Waals surface area contributed by atoms with Gasteiger partial charge in [0.1, 0.15) is 0 Å². The molecular formula is C5H12N2O. The predicted octanol–water partition coefficient (Wildman–Crippen LogP) is -0.247. The lowest BCUT2D eigenvalue weighted by Crippen LogP contribution is -2.41. The van der Waals surface area contributed by atoms with E-state index in [9.17, 15) is 0 Å². The van der Waals surface area contributed by atoms with E-state index < -0.39 is 0 Å². The fourth-order valence-corrected chi connectivity index (χ4v) is 0.804. The van der Waals surface area contributed by atoms with Gasteiger partial charge in [0.15, 0.2) is 0 Å². The van der Waals surface area contributed by atoms with Crippen LogP contribution in [0.1, 0.15) is 0 Å². The van der Waals surface area contributed by atoms with Crippen molar-refractivity contribution in [3.05, 3.63) is 0 Å². The molecule has 1 aliphatic heterocycles. The standard InChI is InChI=1S/C5H12N2O/c1-6-3-4-8-7(2)5-6/h3-5H2,1-2H3. The Hall–Kier alpha value is -0.120. The smallest absolute Gasteiger partial charge is 0.0813 e. The first-order valence-corrected chi connectivity index (χ1v) is 2.81. The van der Waals surface area contributed by atoms with Crippen molar-refractivity contribution in [1.29, 1.82) is 0 Å². The Bertz CT molecular complexity index is 68.8. The first kappa shape index (κ1) is 6.01. The second-order valence-electron chi connectivity index (χ2n) is 2.18. The van der Waals surface area contributed by atoms with Gasteiger partial charge < -0.3 is 0 Å². The molecule has 0 N–H and O–H groups in total. The fraction of sp³-hybridized carbons (Fsp3) is 1.00. The molecule has 0 aromatic heterocycles. The topological polar surface area (TPSA) is 15.7 Å². The highest BCUT2D eigenvalue weighted by Crippen LogP contribution is 1.95. The normalized spacial score (nSPS) is 26.2. The summed E-state index contributed by atoms with van der Waals surface area (Å²) >= 11 is 0. The van der Waals surface area contributed by atoms with E-state index in [-0.39, 0.29) is 0 Å². The van der Waals surface area contributed by atoms with Crippen LogP contribution in [0.2, 0.25) is 0 Å². The summed E-state index contributed by atoms with van der Waals surface area (Å²) < 4.78 is 0. The van der Waals surface area contributed by atoms with Crippen molar-refractivity contribution in [2.45, 2.75) is 0 Å². The predicted molar refractivity (Wildman–Crippen MR) is 31.2 cm³/mol. The molecule has 3 nitrogen and oxygen atoms in total. The van der Waals surface area contributed by atoms with Crippen molar-refractivity contribution in [1.82, 2.24) is 9.96 Å². The molecule has 1 fully saturated rings. The molecule has 1 heterocycles. The summed E-state index contributed by atoms with van der Waals surface area (Å²) in [6, 6.07) is 0. The molecule has 0 atom stereocenters. The molecule has 1 rings (SSSR count). The molecule has 0 aromatic carbocycles. The number of rotatable bonds is 0. The van der Waals surface area contributed by atoms with Crippen molar-refractivity contribution in [2.75, 3.05) is 33.9 Å². The second kappa shape index (κ2) is 2.44. The van der Waals surface area contributed by atoms with Gasteiger partial charge in [0.05, 0.1) is 13.3 Å². The van der Waals surface area contributed by atoms with Gasteiger partial charge in [0.25, 0.3) is 0 Å². The lowest BCUT2D eigenvalue weighted by Gasteiger charge is -2.29. The van der Waals surface area contributed by atoms with Crippen molar-refractivity contribution < 1.29 is 4.84 Å². The van der Waals surface area contributed by atoms with Crippen LogP contribution in [-0.4, -0.2) is 43.9 Å². The molecule has 1 saturated heterocycles. The highest BCUT2D eigenvalue weighted by molar-refractivity contribution is 4.49. The Morgan fingerprint density at radius 1 is 1.38 bits per heavy atom. The Balaban J connectivity index is 2.23. The van der Waals surface area contributed by atoms with Gasteiger partial charge in [-0.05, 0) is 7.05 Å². The lowest BCUT2D eigenvalue weighted by atomic mass is 10.6. The molecule has 8 heavy (non-hydrogen) atoms. The summed E-state index contributed by atoms with van der Waals surface area (Å²) in [4.78, 5) is 7.35. The Morgan fingerprint density at radius 2 is 2.12 bits per heavy atom. The van der Waals surface area contributed by atoms with Gasteiger partial charge >= 0.3 is 0 Å². The molecule has 0 aromatic rings. The van der Waals surface area contributed by atoms with Crippen molar-refractivity contribution in [3.8, 4) is 0 Å². The third-order valence-electron chi connectivity index (χ3n) is 1.23. The lowest BCUT2D eigenvalue weighted by molar-refractivity contribution is -0.196. The number of nitrogens with zero attached hydrogens (tertiary/aromatic N) is 2. The number of likely N-dealkylation sites (N-methyl/N-ethyl adjacent to an activating group) is 1. The Kier molecular flexibility index (Phi) is 1.83. The van der Waals surface area contributed by atoms with E-state index in [1.807, 2.05) is 12.1 Å². The van der Waals surface area contributed by atoms with E-state index in [1.54, 1.807) is 0 Å². The highest BCUT2D eigenvalue weighted by Gasteiger charge is 2.08. The highest BCUT2D eigenvalue weighted by atomic mass is 16.7. The van der Waals surface area contributed by atoms with E-state index >= 15 is 0 Å². The summed E-state index contributed by atoms with van der Waals surface area (Å²) in [5.74, 6) is 0. The third-order valence-corrected chi connectivity index (χ3v) is 1.23. The van der Waals surface area contributed by atoms with Crippen LogP contribution in [0.25, 0.3) is 0 Å². The molecule has 0 spiro atoms. The minimum absolute atomic E-state index is 0.826. The first-order chi connectivity index (χ1) is 3.79. The van der Waals surface area contributed by atoms with Gasteiger partial charge in [0, 0.05) is 13.6 Å². The molecule has 0 saturated carbocycles. The summed E-state index contributed by atoms with van der Waals surface area (Å²) in [5.41, 5.74) is 0. The number of hydroxylamine groups is 2. The summed E-state index contributed by atoms with van der Waals surface area (Å²) in [7, 11) is 4.02. The zero-order valence-corrected chi connectivity index (χ0v) is 5.42. The van der Waals surface area contributed by atoms with Crippen LogP contribution >= 0.6 is 0 Å². The van der Waals surface area contributed by atoms with E-state index in [1.165, 1.54) is 0 Å². The quantitative estimate of drug-likeness (QED) is 0.434. The minimum Gasteiger partial charge on any atom is -0.297 e. The average molecular weight is 116 g/mol. The third kappa shape index (κ3) is 1.43. The zero-order chi connectivity index (χ0) is 5.98. The Labute approximate surface area is 49.8 Å². The van der Waals surface area contributed by atoms with E-state index in [0.29, 0.717) is 0 Å². The minimum atomic E-state index is 0.826. The maximum absolute atomic E-state index is 5.14. The van der Waals surface area contributed by atoms with Crippen LogP contribution in [-0.2, 0) is 4.84 Å². The second-order valence-corrected chi connectivity index (χ2v) is 2.18. The summed E-state index contributed by atoms with van der Waals surface area (Å²) in [6.07, 6.45) is 0. The van der Waals surface area contributed by atoms with Crippen LogP contribution in [0.5, 0.6) is 0 Å². The maximum Gasteiger partial charge on any atom is 0.0813 e. The van der Waals surface area contributed by atoms with Crippen LogP contribution < -0.4 is 0 Å². The van der Waals surface area contributed by atoms with Crippen molar-refractivity contribution >= 4 is 0 Å². The average Bonchev–Trinajstić information content (AvgIpc) is 1.64. The number of hydrogen-bond donors (Lipinski definition) is 0. The SMILES string of the molecule is CN1CCON(C)C1. The summed E-state index contributed by atoms with van der Waals surface area (Å²) in [6.45, 7) is 2.79. The van der Waals surface area contributed by atoms with Crippen molar-refractivity contribution in [2.24, 2.45) is 0 Å². The molecule has 0 bridgehead atoms. The van der Waals surface area contributed by atoms with E-state index in [2.05, 4.69) is 11.9 Å². The van der Waals surface area contributed by atoms with Crippen LogP contribution in [0.3, 0.4) is 0 Å². The van der Waals surface area contributed by atoms with Gasteiger partial charge in [-0.1, -0.05) is 0 Å². The zero-order valence-electron chi connectivity index (χ0n) is 5.42.